The van der Waals surface area contributed by atoms with Gasteiger partial charge in [0, 0.05) is 11.6 Å². The van der Waals surface area contributed by atoms with E-state index >= 15 is 4.39 Å². The van der Waals surface area contributed by atoms with Gasteiger partial charge in [0.2, 0.25) is 0 Å². The molecule has 0 unspecified atom stereocenters. The van der Waals surface area contributed by atoms with Crippen LogP contribution in [0.1, 0.15) is 29.7 Å². The van der Waals surface area contributed by atoms with Crippen LogP contribution in [0, 0.1) is 0 Å². The minimum atomic E-state index is -4.50. The Hall–Kier alpha value is -4.07. The third kappa shape index (κ3) is 5.55. The number of hydrogen-bond acceptors (Lipinski definition) is 6. The lowest BCUT2D eigenvalue weighted by atomic mass is 9.92. The Balaban J connectivity index is 1.31. The molecule has 1 aliphatic carbocycles. The number of aryl methyl sites for hydroxylation is 1. The summed E-state index contributed by atoms with van der Waals surface area (Å²) in [5.41, 5.74) is 0.813. The van der Waals surface area contributed by atoms with E-state index in [4.69, 9.17) is 9.47 Å². The van der Waals surface area contributed by atoms with Crippen LogP contribution < -0.4 is 19.5 Å². The van der Waals surface area contributed by atoms with E-state index in [1.54, 1.807) is 0 Å². The average molecular weight is 567 g/mol. The standard InChI is InChI=1S/C25H22F4N4O5S/c26-20(14-30-24(34)32-39(35,36)18-8-9-21-22(12-18)38-11-10-37-21)19-3-1-2-15-13-31-33(23(15)19)17-6-4-16(5-7-17)25(27,28)29/h4-9,12-13H,1-3,10-11,14H2,(H2,30,32,34). The van der Waals surface area contributed by atoms with Gasteiger partial charge in [-0.2, -0.15) is 18.3 Å². The third-order valence-electron chi connectivity index (χ3n) is 6.23. The zero-order valence-corrected chi connectivity index (χ0v) is 21.0. The number of allylic oxidation sites excluding steroid dienone is 1. The Kier molecular flexibility index (Phi) is 6.97. The van der Waals surface area contributed by atoms with E-state index in [9.17, 15) is 26.4 Å². The first kappa shape index (κ1) is 26.5. The van der Waals surface area contributed by atoms with Crippen molar-refractivity contribution >= 4 is 21.6 Å². The fraction of sp³-hybridized carbons (Fsp3) is 0.280. The van der Waals surface area contributed by atoms with Crippen LogP contribution in [-0.4, -0.2) is 44.0 Å². The Morgan fingerprint density at radius 3 is 2.46 bits per heavy atom. The highest BCUT2D eigenvalue weighted by Crippen LogP contribution is 2.36. The lowest BCUT2D eigenvalue weighted by molar-refractivity contribution is -0.137. The quantitative estimate of drug-likeness (QED) is 0.444. The van der Waals surface area contributed by atoms with Gasteiger partial charge in [-0.25, -0.2) is 27.0 Å². The number of carbonyl (C=O) groups excluding carboxylic acids is 1. The molecule has 0 saturated heterocycles. The highest BCUT2D eigenvalue weighted by molar-refractivity contribution is 7.90. The molecule has 39 heavy (non-hydrogen) atoms. The minimum absolute atomic E-state index is 0.220. The number of halogens is 4. The van der Waals surface area contributed by atoms with E-state index in [1.165, 1.54) is 41.2 Å². The van der Waals surface area contributed by atoms with Gasteiger partial charge in [0.15, 0.2) is 11.5 Å². The lowest BCUT2D eigenvalue weighted by Crippen LogP contribution is -2.40. The normalized spacial score (nSPS) is 16.3. The summed E-state index contributed by atoms with van der Waals surface area (Å²) < 4.78 is 93.4. The molecular weight excluding hydrogens is 544 g/mol. The van der Waals surface area contributed by atoms with Crippen molar-refractivity contribution in [3.05, 3.63) is 71.3 Å². The maximum atomic E-state index is 15.3. The molecule has 1 aliphatic heterocycles. The van der Waals surface area contributed by atoms with Crippen molar-refractivity contribution in [3.63, 3.8) is 0 Å². The molecule has 2 aliphatic rings. The SMILES string of the molecule is O=C(NCC(F)=C1CCCc2cnn(-c3ccc(C(F)(F)F)cc3)c21)NS(=O)(=O)c1ccc2c(c1)OCCO2. The van der Waals surface area contributed by atoms with Crippen molar-refractivity contribution in [2.24, 2.45) is 0 Å². The first-order valence-electron chi connectivity index (χ1n) is 11.9. The summed E-state index contributed by atoms with van der Waals surface area (Å²) in [7, 11) is -4.29. The Morgan fingerprint density at radius 2 is 1.74 bits per heavy atom. The molecule has 2 N–H and O–H groups in total. The summed E-state index contributed by atoms with van der Waals surface area (Å²) in [5.74, 6) is -0.129. The van der Waals surface area contributed by atoms with Crippen molar-refractivity contribution in [3.8, 4) is 17.2 Å². The van der Waals surface area contributed by atoms with Gasteiger partial charge in [-0.3, -0.25) is 0 Å². The molecule has 2 heterocycles. The van der Waals surface area contributed by atoms with Gasteiger partial charge in [-0.1, -0.05) is 0 Å². The van der Waals surface area contributed by atoms with Gasteiger partial charge in [0.25, 0.3) is 10.0 Å². The summed E-state index contributed by atoms with van der Waals surface area (Å²) >= 11 is 0. The number of nitrogens with zero attached hydrogens (tertiary/aromatic N) is 2. The first-order chi connectivity index (χ1) is 18.5. The molecule has 2 amide bonds. The van der Waals surface area contributed by atoms with Gasteiger partial charge >= 0.3 is 12.2 Å². The van der Waals surface area contributed by atoms with Crippen LogP contribution in [-0.2, 0) is 22.6 Å². The number of aromatic nitrogens is 2. The zero-order chi connectivity index (χ0) is 27.8. The van der Waals surface area contributed by atoms with E-state index in [0.717, 1.165) is 12.1 Å². The maximum Gasteiger partial charge on any atom is 0.416 e. The molecule has 0 saturated carbocycles. The molecule has 2 aromatic carbocycles. The second-order valence-corrected chi connectivity index (χ2v) is 10.5. The van der Waals surface area contributed by atoms with Crippen molar-refractivity contribution in [2.45, 2.75) is 30.3 Å². The van der Waals surface area contributed by atoms with E-state index in [1.807, 2.05) is 4.72 Å². The number of ether oxygens (including phenoxy) is 2. The largest absolute Gasteiger partial charge is 0.486 e. The number of carbonyl (C=O) groups is 1. The molecule has 3 aromatic rings. The molecule has 0 spiro atoms. The lowest BCUT2D eigenvalue weighted by Gasteiger charge is -2.20. The number of benzene rings is 2. The van der Waals surface area contributed by atoms with E-state index in [0.29, 0.717) is 48.6 Å². The maximum absolute atomic E-state index is 15.3. The van der Waals surface area contributed by atoms with E-state index in [2.05, 4.69) is 10.4 Å². The number of sulfonamides is 1. The molecule has 0 bridgehead atoms. The number of urea groups is 1. The summed E-state index contributed by atoms with van der Waals surface area (Å²) in [6, 6.07) is 7.05. The van der Waals surface area contributed by atoms with E-state index < -0.39 is 40.2 Å². The number of amides is 2. The molecule has 0 atom stereocenters. The predicted octanol–water partition coefficient (Wildman–Crippen LogP) is 4.37. The fourth-order valence-corrected chi connectivity index (χ4v) is 5.33. The summed E-state index contributed by atoms with van der Waals surface area (Å²) in [6.07, 6.45) is -1.49. The smallest absolute Gasteiger partial charge is 0.416 e. The van der Waals surface area contributed by atoms with Crippen LogP contribution in [0.3, 0.4) is 0 Å². The van der Waals surface area contributed by atoms with Crippen LogP contribution >= 0.6 is 0 Å². The zero-order valence-electron chi connectivity index (χ0n) is 20.2. The highest BCUT2D eigenvalue weighted by Gasteiger charge is 2.31. The number of fused-ring (bicyclic) bond motifs is 2. The molecule has 0 radical (unpaired) electrons. The summed E-state index contributed by atoms with van der Waals surface area (Å²) in [5, 5.41) is 6.44. The highest BCUT2D eigenvalue weighted by atomic mass is 32.2. The first-order valence-corrected chi connectivity index (χ1v) is 13.3. The molecule has 14 heteroatoms. The molecule has 206 valence electrons. The van der Waals surface area contributed by atoms with Gasteiger partial charge in [0.05, 0.1) is 34.6 Å². The third-order valence-corrected chi connectivity index (χ3v) is 7.55. The van der Waals surface area contributed by atoms with Crippen LogP contribution in [0.15, 0.2) is 59.4 Å². The van der Waals surface area contributed by atoms with E-state index in [-0.39, 0.29) is 22.8 Å². The van der Waals surface area contributed by atoms with Crippen molar-refractivity contribution in [1.82, 2.24) is 19.8 Å². The molecule has 0 fully saturated rings. The minimum Gasteiger partial charge on any atom is -0.486 e. The second-order valence-electron chi connectivity index (χ2n) is 8.81. The molecule has 1 aromatic heterocycles. The summed E-state index contributed by atoms with van der Waals surface area (Å²) in [4.78, 5) is 12.1. The summed E-state index contributed by atoms with van der Waals surface area (Å²) in [6.45, 7) is -0.0409. The average Bonchev–Trinajstić information content (AvgIpc) is 3.35. The van der Waals surface area contributed by atoms with Crippen molar-refractivity contribution < 1.29 is 40.2 Å². The number of alkyl halides is 3. The molecule has 5 rings (SSSR count). The topological polar surface area (TPSA) is 112 Å². The monoisotopic (exact) mass is 566 g/mol. The Morgan fingerprint density at radius 1 is 1.03 bits per heavy atom. The van der Waals surface area contributed by atoms with Gasteiger partial charge in [0.1, 0.15) is 19.0 Å². The van der Waals surface area contributed by atoms with Crippen molar-refractivity contribution in [2.75, 3.05) is 19.8 Å². The Labute approximate surface area is 220 Å². The van der Waals surface area contributed by atoms with Crippen LogP contribution in [0.2, 0.25) is 0 Å². The predicted molar refractivity (Wildman–Crippen MR) is 131 cm³/mol. The van der Waals surface area contributed by atoms with Gasteiger partial charge < -0.3 is 14.8 Å². The number of hydrogen-bond donors (Lipinski definition) is 2. The van der Waals surface area contributed by atoms with Crippen LogP contribution in [0.25, 0.3) is 11.3 Å². The number of nitrogens with one attached hydrogen (secondary N) is 2. The van der Waals surface area contributed by atoms with Crippen LogP contribution in [0.4, 0.5) is 22.4 Å². The van der Waals surface area contributed by atoms with Gasteiger partial charge in [-0.05, 0) is 61.2 Å². The fourth-order valence-electron chi connectivity index (χ4n) is 4.38. The number of rotatable bonds is 5. The molecule has 9 nitrogen and oxygen atoms in total. The van der Waals surface area contributed by atoms with Crippen molar-refractivity contribution in [1.29, 1.82) is 0 Å². The molecular formula is C25H22F4N4O5S. The van der Waals surface area contributed by atoms with Crippen LogP contribution in [0.5, 0.6) is 11.5 Å². The second kappa shape index (κ2) is 10.2. The van der Waals surface area contributed by atoms with Gasteiger partial charge in [-0.15, -0.1) is 0 Å². The Bertz CT molecular complexity index is 1550.